The fourth-order valence-electron chi connectivity index (χ4n) is 1.32. The summed E-state index contributed by atoms with van der Waals surface area (Å²) in [6.07, 6.45) is 0. The highest BCUT2D eigenvalue weighted by atomic mass is 27.0. The summed E-state index contributed by atoms with van der Waals surface area (Å²) in [4.78, 5) is 20.1. The van der Waals surface area contributed by atoms with Crippen molar-refractivity contribution in [2.75, 3.05) is 13.2 Å². The number of hydrogen-bond donors (Lipinski definition) is 2. The third kappa shape index (κ3) is 14.8. The molecule has 7 heteroatoms. The van der Waals surface area contributed by atoms with Crippen molar-refractivity contribution in [1.82, 2.24) is 0 Å². The SMILES string of the molecule is C[CH2][Al].O=C(O)COc1ccccc1.O=C(O)COc1ccccc1. The Balaban J connectivity index is 0.000000399. The van der Waals surface area contributed by atoms with Gasteiger partial charge < -0.3 is 19.7 Å². The summed E-state index contributed by atoms with van der Waals surface area (Å²) >= 11 is 2.58. The molecule has 0 aliphatic heterocycles. The van der Waals surface area contributed by atoms with Gasteiger partial charge in [0.2, 0.25) is 0 Å². The number of carboxylic acids is 2. The Labute approximate surface area is 155 Å². The van der Waals surface area contributed by atoms with Gasteiger partial charge in [-0.2, -0.15) is 0 Å². The minimum Gasteiger partial charge on any atom is -0.482 e. The summed E-state index contributed by atoms with van der Waals surface area (Å²) in [6, 6.07) is 17.7. The van der Waals surface area contributed by atoms with Crippen LogP contribution in [0.15, 0.2) is 60.7 Å². The zero-order valence-corrected chi connectivity index (χ0v) is 15.2. The van der Waals surface area contributed by atoms with Gasteiger partial charge in [-0.3, -0.25) is 0 Å². The Bertz CT molecular complexity index is 536. The lowest BCUT2D eigenvalue weighted by Gasteiger charge is -2.00. The van der Waals surface area contributed by atoms with Gasteiger partial charge in [0, 0.05) is 0 Å². The molecule has 0 spiro atoms. The zero-order valence-electron chi connectivity index (χ0n) is 14.0. The first kappa shape index (κ1) is 22.5. The number of aliphatic carboxylic acids is 2. The average molecular weight is 360 g/mol. The van der Waals surface area contributed by atoms with E-state index in [-0.39, 0.29) is 13.2 Å². The normalized spacial score (nSPS) is 8.68. The molecule has 0 heterocycles. The second kappa shape index (κ2) is 15.1. The highest BCUT2D eigenvalue weighted by Crippen LogP contribution is 2.07. The summed E-state index contributed by atoms with van der Waals surface area (Å²) in [5.41, 5.74) is 0. The van der Waals surface area contributed by atoms with Crippen LogP contribution in [0.4, 0.5) is 0 Å². The van der Waals surface area contributed by atoms with Crippen LogP contribution in [-0.2, 0) is 9.59 Å². The molecular formula is C18H21AlO6. The molecule has 2 aromatic rings. The summed E-state index contributed by atoms with van der Waals surface area (Å²) < 4.78 is 9.74. The third-order valence-corrected chi connectivity index (χ3v) is 2.21. The van der Waals surface area contributed by atoms with Crippen molar-refractivity contribution < 1.29 is 29.3 Å². The lowest BCUT2D eigenvalue weighted by molar-refractivity contribution is -0.140. The van der Waals surface area contributed by atoms with Gasteiger partial charge >= 0.3 is 11.9 Å². The number of carboxylic acid groups (broad SMARTS) is 2. The van der Waals surface area contributed by atoms with Gasteiger partial charge in [0.05, 0.1) is 0 Å². The molecule has 2 N–H and O–H groups in total. The molecule has 2 aromatic carbocycles. The van der Waals surface area contributed by atoms with Gasteiger partial charge in [0.25, 0.3) is 0 Å². The largest absolute Gasteiger partial charge is 0.482 e. The fraction of sp³-hybridized carbons (Fsp3) is 0.222. The lowest BCUT2D eigenvalue weighted by Crippen LogP contribution is -2.09. The molecule has 0 aliphatic carbocycles. The van der Waals surface area contributed by atoms with E-state index in [1.54, 1.807) is 48.5 Å². The molecule has 0 aromatic heterocycles. The van der Waals surface area contributed by atoms with Crippen molar-refractivity contribution in [2.24, 2.45) is 0 Å². The number of hydrogen-bond acceptors (Lipinski definition) is 4. The van der Waals surface area contributed by atoms with E-state index in [1.165, 1.54) is 5.28 Å². The van der Waals surface area contributed by atoms with E-state index in [9.17, 15) is 9.59 Å². The molecule has 0 bridgehead atoms. The van der Waals surface area contributed by atoms with Crippen molar-refractivity contribution in [3.8, 4) is 11.5 Å². The third-order valence-electron chi connectivity index (χ3n) is 2.21. The van der Waals surface area contributed by atoms with E-state index >= 15 is 0 Å². The van der Waals surface area contributed by atoms with E-state index in [4.69, 9.17) is 19.7 Å². The molecule has 0 amide bonds. The molecule has 0 atom stereocenters. The summed E-state index contributed by atoms with van der Waals surface area (Å²) in [5.74, 6) is -0.771. The molecule has 2 rings (SSSR count). The molecule has 2 radical (unpaired) electrons. The second-order valence-corrected chi connectivity index (χ2v) is 5.22. The molecule has 132 valence electrons. The molecule has 0 unspecified atom stereocenters. The van der Waals surface area contributed by atoms with Crippen LogP contribution in [0.2, 0.25) is 5.28 Å². The van der Waals surface area contributed by atoms with Gasteiger partial charge in [0.15, 0.2) is 13.2 Å². The number of benzene rings is 2. The van der Waals surface area contributed by atoms with Crippen LogP contribution in [0.3, 0.4) is 0 Å². The minimum atomic E-state index is -0.964. The van der Waals surface area contributed by atoms with Gasteiger partial charge in [-0.25, -0.2) is 9.59 Å². The van der Waals surface area contributed by atoms with Crippen LogP contribution >= 0.6 is 0 Å². The Morgan fingerprint density at radius 1 is 0.800 bits per heavy atom. The average Bonchev–Trinajstić information content (AvgIpc) is 2.61. The Hall–Kier alpha value is -2.49. The highest BCUT2D eigenvalue weighted by Gasteiger charge is 1.97. The maximum atomic E-state index is 10.0. The lowest BCUT2D eigenvalue weighted by atomic mass is 10.3. The minimum absolute atomic E-state index is 0.288. The van der Waals surface area contributed by atoms with Gasteiger partial charge in [0.1, 0.15) is 27.8 Å². The fourth-order valence-corrected chi connectivity index (χ4v) is 1.32. The molecule has 0 aliphatic rings. The number of carbonyl (C=O) groups is 2. The first-order chi connectivity index (χ1) is 12.0. The van der Waals surface area contributed by atoms with E-state index in [1.807, 2.05) is 12.1 Å². The predicted molar refractivity (Wildman–Crippen MR) is 95.4 cm³/mol. The van der Waals surface area contributed by atoms with Crippen LogP contribution in [0, 0.1) is 0 Å². The predicted octanol–water partition coefficient (Wildman–Crippen LogP) is 2.89. The molecule has 0 fully saturated rings. The summed E-state index contributed by atoms with van der Waals surface area (Å²) in [7, 11) is 0. The molecule has 0 saturated heterocycles. The van der Waals surface area contributed by atoms with Crippen molar-refractivity contribution in [2.45, 2.75) is 12.2 Å². The topological polar surface area (TPSA) is 93.1 Å². The van der Waals surface area contributed by atoms with Crippen LogP contribution in [0.5, 0.6) is 11.5 Å². The number of ether oxygens (including phenoxy) is 2. The maximum Gasteiger partial charge on any atom is 0.341 e. The van der Waals surface area contributed by atoms with Crippen LogP contribution in [0.1, 0.15) is 6.92 Å². The quantitative estimate of drug-likeness (QED) is 0.770. The van der Waals surface area contributed by atoms with E-state index < -0.39 is 11.9 Å². The smallest absolute Gasteiger partial charge is 0.341 e. The van der Waals surface area contributed by atoms with Crippen molar-refractivity contribution in [3.63, 3.8) is 0 Å². The first-order valence-corrected chi connectivity index (χ1v) is 8.30. The van der Waals surface area contributed by atoms with Crippen LogP contribution in [0.25, 0.3) is 0 Å². The van der Waals surface area contributed by atoms with Crippen LogP contribution < -0.4 is 9.47 Å². The second-order valence-electron chi connectivity index (χ2n) is 4.40. The monoisotopic (exact) mass is 360 g/mol. The van der Waals surface area contributed by atoms with E-state index in [0.717, 1.165) is 0 Å². The number of para-hydroxylation sites is 2. The van der Waals surface area contributed by atoms with Crippen molar-refractivity contribution in [3.05, 3.63) is 60.7 Å². The standard InChI is InChI=1S/2C8H8O3.C2H5.Al/c2*9-8(10)6-11-7-4-2-1-3-5-7;1-2;/h2*1-5H,6H2,(H,9,10);1H2,2H3;. The van der Waals surface area contributed by atoms with Gasteiger partial charge in [-0.1, -0.05) is 43.3 Å². The Kier molecular flexibility index (Phi) is 13.6. The van der Waals surface area contributed by atoms with Gasteiger partial charge in [-0.15, -0.1) is 5.28 Å². The van der Waals surface area contributed by atoms with Gasteiger partial charge in [-0.05, 0) is 24.3 Å². The molecule has 0 saturated carbocycles. The maximum absolute atomic E-state index is 10.0. The molecule has 6 nitrogen and oxygen atoms in total. The number of rotatable bonds is 6. The Morgan fingerprint density at radius 2 is 1.08 bits per heavy atom. The van der Waals surface area contributed by atoms with Crippen LogP contribution in [-0.4, -0.2) is 51.7 Å². The van der Waals surface area contributed by atoms with E-state index in [2.05, 4.69) is 23.2 Å². The zero-order chi connectivity index (χ0) is 18.9. The summed E-state index contributed by atoms with van der Waals surface area (Å²) in [6.45, 7) is 1.51. The van der Waals surface area contributed by atoms with E-state index in [0.29, 0.717) is 11.5 Å². The van der Waals surface area contributed by atoms with Crippen molar-refractivity contribution in [1.29, 1.82) is 0 Å². The molecular weight excluding hydrogens is 339 g/mol. The van der Waals surface area contributed by atoms with Crippen molar-refractivity contribution >= 4 is 28.2 Å². The summed E-state index contributed by atoms with van der Waals surface area (Å²) in [5, 5.41) is 17.7. The molecule has 25 heavy (non-hydrogen) atoms. The highest BCUT2D eigenvalue weighted by molar-refractivity contribution is 6.08. The first-order valence-electron chi connectivity index (χ1n) is 7.48. The Morgan fingerprint density at radius 3 is 1.32 bits per heavy atom.